The molecule has 0 saturated carbocycles. The van der Waals surface area contributed by atoms with Crippen molar-refractivity contribution in [2.45, 2.75) is 13.8 Å². The predicted molar refractivity (Wildman–Crippen MR) is 74.8 cm³/mol. The summed E-state index contributed by atoms with van der Waals surface area (Å²) in [4.78, 5) is 27.5. The Morgan fingerprint density at radius 3 is 2.55 bits per heavy atom. The molecule has 0 aliphatic carbocycles. The van der Waals surface area contributed by atoms with Gasteiger partial charge in [0, 0.05) is 11.8 Å². The second kappa shape index (κ2) is 6.10. The molecule has 0 radical (unpaired) electrons. The average molecular weight is 269 g/mol. The predicted octanol–water partition coefficient (Wildman–Crippen LogP) is 2.74. The van der Waals surface area contributed by atoms with E-state index < -0.39 is 5.97 Å². The summed E-state index contributed by atoms with van der Waals surface area (Å²) in [6.45, 7) is 3.63. The normalized spacial score (nSPS) is 10.1. The molecule has 102 valence electrons. The molecular weight excluding hydrogens is 254 g/mol. The van der Waals surface area contributed by atoms with Gasteiger partial charge in [-0.2, -0.15) is 0 Å². The zero-order valence-corrected chi connectivity index (χ0v) is 11.4. The van der Waals surface area contributed by atoms with Crippen molar-refractivity contribution < 1.29 is 14.3 Å². The van der Waals surface area contributed by atoms with Gasteiger partial charge in [0.2, 0.25) is 0 Å². The highest BCUT2D eigenvalue weighted by Gasteiger charge is 2.12. The van der Waals surface area contributed by atoms with Crippen molar-refractivity contribution in [1.82, 2.24) is 4.98 Å². The Morgan fingerprint density at radius 2 is 1.90 bits per heavy atom. The fourth-order valence-electron chi connectivity index (χ4n) is 1.69. The zero-order valence-electron chi connectivity index (χ0n) is 11.4. The number of ketones is 1. The number of aryl methyl sites for hydroxylation is 2. The number of hydrogen-bond acceptors (Lipinski definition) is 4. The topological polar surface area (TPSA) is 56.3 Å². The molecule has 2 aromatic rings. The maximum atomic E-state index is 11.9. The summed E-state index contributed by atoms with van der Waals surface area (Å²) in [5.74, 6) is -0.819. The highest BCUT2D eigenvalue weighted by Crippen LogP contribution is 2.10. The molecule has 1 aromatic heterocycles. The fourth-order valence-corrected chi connectivity index (χ4v) is 1.69. The van der Waals surface area contributed by atoms with Crippen LogP contribution in [-0.4, -0.2) is 23.3 Å². The first-order valence-corrected chi connectivity index (χ1v) is 6.26. The summed E-state index contributed by atoms with van der Waals surface area (Å²) >= 11 is 0. The van der Waals surface area contributed by atoms with Crippen LogP contribution in [0, 0.1) is 13.8 Å². The summed E-state index contributed by atoms with van der Waals surface area (Å²) in [5, 5.41) is 0. The molecule has 0 atom stereocenters. The van der Waals surface area contributed by atoms with Gasteiger partial charge in [-0.05, 0) is 43.2 Å². The van der Waals surface area contributed by atoms with Gasteiger partial charge >= 0.3 is 5.97 Å². The molecule has 20 heavy (non-hydrogen) atoms. The summed E-state index contributed by atoms with van der Waals surface area (Å²) in [5.41, 5.74) is 2.89. The van der Waals surface area contributed by atoms with Crippen LogP contribution in [0.25, 0.3) is 0 Å². The second-order valence-corrected chi connectivity index (χ2v) is 4.51. The summed E-state index contributed by atoms with van der Waals surface area (Å²) in [6, 6.07) is 10.4. The van der Waals surface area contributed by atoms with Crippen molar-refractivity contribution in [2.75, 3.05) is 6.61 Å². The molecule has 0 aliphatic heterocycles. The lowest BCUT2D eigenvalue weighted by Crippen LogP contribution is -2.15. The van der Waals surface area contributed by atoms with Crippen LogP contribution in [0.5, 0.6) is 0 Å². The first kappa shape index (κ1) is 13.9. The first-order valence-electron chi connectivity index (χ1n) is 6.26. The first-order chi connectivity index (χ1) is 9.58. The Morgan fingerprint density at radius 1 is 1.10 bits per heavy atom. The summed E-state index contributed by atoms with van der Waals surface area (Å²) in [6.07, 6.45) is 1.50. The van der Waals surface area contributed by atoms with E-state index in [1.807, 2.05) is 19.9 Å². The van der Waals surface area contributed by atoms with Crippen molar-refractivity contribution in [3.8, 4) is 0 Å². The number of ether oxygens (including phenoxy) is 1. The number of aromatic nitrogens is 1. The molecule has 0 aliphatic rings. The third kappa shape index (κ3) is 3.29. The van der Waals surface area contributed by atoms with Crippen molar-refractivity contribution in [3.05, 3.63) is 65.0 Å². The molecule has 0 amide bonds. The molecule has 0 spiro atoms. The molecule has 0 saturated heterocycles. The molecular formula is C16H15NO3. The van der Waals surface area contributed by atoms with Crippen molar-refractivity contribution in [3.63, 3.8) is 0 Å². The quantitative estimate of drug-likeness (QED) is 0.632. The molecule has 1 aromatic carbocycles. The van der Waals surface area contributed by atoms with Crippen LogP contribution in [0.2, 0.25) is 0 Å². The molecule has 4 nitrogen and oxygen atoms in total. The maximum absolute atomic E-state index is 11.9. The molecule has 2 rings (SSSR count). The van der Waals surface area contributed by atoms with Gasteiger partial charge in [-0.1, -0.05) is 18.2 Å². The van der Waals surface area contributed by atoms with Crippen molar-refractivity contribution in [1.29, 1.82) is 0 Å². The van der Waals surface area contributed by atoms with Crippen LogP contribution in [0.15, 0.2) is 42.6 Å². The van der Waals surface area contributed by atoms with Crippen LogP contribution in [0.3, 0.4) is 0 Å². The minimum atomic E-state index is -0.595. The van der Waals surface area contributed by atoms with E-state index in [0.29, 0.717) is 5.56 Å². The molecule has 4 heteroatoms. The third-order valence-corrected chi connectivity index (χ3v) is 3.04. The smallest absolute Gasteiger partial charge is 0.357 e. The van der Waals surface area contributed by atoms with Crippen LogP contribution in [0.4, 0.5) is 0 Å². The average Bonchev–Trinajstić information content (AvgIpc) is 2.48. The van der Waals surface area contributed by atoms with Gasteiger partial charge in [-0.3, -0.25) is 4.79 Å². The van der Waals surface area contributed by atoms with Gasteiger partial charge < -0.3 is 4.74 Å². The number of Topliss-reactive ketones (excluding diaryl/α,β-unsaturated/α-hetero) is 1. The largest absolute Gasteiger partial charge is 0.453 e. The Bertz CT molecular complexity index is 635. The number of esters is 1. The highest BCUT2D eigenvalue weighted by atomic mass is 16.5. The monoisotopic (exact) mass is 269 g/mol. The van der Waals surface area contributed by atoms with Gasteiger partial charge in [0.15, 0.2) is 12.4 Å². The van der Waals surface area contributed by atoms with Gasteiger partial charge in [0.1, 0.15) is 5.69 Å². The highest BCUT2D eigenvalue weighted by molar-refractivity contribution is 5.99. The minimum Gasteiger partial charge on any atom is -0.453 e. The van der Waals surface area contributed by atoms with Gasteiger partial charge in [-0.25, -0.2) is 9.78 Å². The lowest BCUT2D eigenvalue weighted by Gasteiger charge is -2.06. The number of benzene rings is 1. The number of nitrogens with zero attached hydrogens (tertiary/aromatic N) is 1. The van der Waals surface area contributed by atoms with E-state index in [0.717, 1.165) is 11.1 Å². The van der Waals surface area contributed by atoms with E-state index >= 15 is 0 Å². The molecule has 0 fully saturated rings. The zero-order chi connectivity index (χ0) is 14.5. The van der Waals surface area contributed by atoms with Crippen molar-refractivity contribution in [2.24, 2.45) is 0 Å². The van der Waals surface area contributed by atoms with Crippen molar-refractivity contribution >= 4 is 11.8 Å². The maximum Gasteiger partial charge on any atom is 0.357 e. The number of carbonyl (C=O) groups is 2. The molecule has 0 N–H and O–H groups in total. The lowest BCUT2D eigenvalue weighted by molar-refractivity contribution is 0.0469. The van der Waals surface area contributed by atoms with Gasteiger partial charge in [0.05, 0.1) is 0 Å². The standard InChI is InChI=1S/C16H15NO3/c1-11-6-7-13(9-12(11)2)15(18)10-20-16(19)14-5-3-4-8-17-14/h3-9H,10H2,1-2H3. The van der Waals surface area contributed by atoms with E-state index in [1.54, 1.807) is 30.3 Å². The van der Waals surface area contributed by atoms with E-state index in [-0.39, 0.29) is 18.1 Å². The van der Waals surface area contributed by atoms with Gasteiger partial charge in [0.25, 0.3) is 0 Å². The van der Waals surface area contributed by atoms with Crippen LogP contribution in [-0.2, 0) is 4.74 Å². The molecule has 0 bridgehead atoms. The van der Waals surface area contributed by atoms with Gasteiger partial charge in [-0.15, -0.1) is 0 Å². The number of carbonyl (C=O) groups excluding carboxylic acids is 2. The third-order valence-electron chi connectivity index (χ3n) is 3.04. The lowest BCUT2D eigenvalue weighted by atomic mass is 10.0. The number of rotatable bonds is 4. The summed E-state index contributed by atoms with van der Waals surface area (Å²) < 4.78 is 4.96. The minimum absolute atomic E-state index is 0.195. The van der Waals surface area contributed by atoms with E-state index in [9.17, 15) is 9.59 Å². The Kier molecular flexibility index (Phi) is 4.25. The van der Waals surface area contributed by atoms with Crippen LogP contribution < -0.4 is 0 Å². The van der Waals surface area contributed by atoms with E-state index in [2.05, 4.69) is 4.98 Å². The molecule has 1 heterocycles. The van der Waals surface area contributed by atoms with Crippen LogP contribution in [0.1, 0.15) is 32.0 Å². The summed E-state index contributed by atoms with van der Waals surface area (Å²) in [7, 11) is 0. The second-order valence-electron chi connectivity index (χ2n) is 4.51. The fraction of sp³-hybridized carbons (Fsp3) is 0.188. The Hall–Kier alpha value is -2.49. The Balaban J connectivity index is 1.98. The Labute approximate surface area is 117 Å². The SMILES string of the molecule is Cc1ccc(C(=O)COC(=O)c2ccccn2)cc1C. The number of hydrogen-bond donors (Lipinski definition) is 0. The molecule has 0 unspecified atom stereocenters. The van der Waals surface area contributed by atoms with E-state index in [1.165, 1.54) is 6.20 Å². The van der Waals surface area contributed by atoms with E-state index in [4.69, 9.17) is 4.74 Å². The number of pyridine rings is 1. The van der Waals surface area contributed by atoms with Crippen LogP contribution >= 0.6 is 0 Å².